The topological polar surface area (TPSA) is 52.3 Å². The molecule has 0 spiro atoms. The van der Waals surface area contributed by atoms with Gasteiger partial charge in [-0.3, -0.25) is 0 Å². The molecule has 5 aliphatic carbocycles. The Morgan fingerprint density at radius 2 is 1.60 bits per heavy atom. The molecule has 0 saturated heterocycles. The summed E-state index contributed by atoms with van der Waals surface area (Å²) >= 11 is 0. The lowest BCUT2D eigenvalue weighted by atomic mass is 9.33. The third-order valence-corrected chi connectivity index (χ3v) is 14.3. The lowest BCUT2D eigenvalue weighted by Gasteiger charge is -2.72. The smallest absolute Gasteiger partial charge is 0.337 e. The lowest BCUT2D eigenvalue weighted by Crippen LogP contribution is -2.67. The summed E-state index contributed by atoms with van der Waals surface area (Å²) in [7, 11) is 1.45. The highest BCUT2D eigenvalue weighted by atomic mass is 16.5. The number of hydrogen-bond acceptors (Lipinski definition) is 3. The summed E-state index contributed by atoms with van der Waals surface area (Å²) in [5.41, 5.74) is 13.0. The summed E-state index contributed by atoms with van der Waals surface area (Å²) < 4.78 is 4.93. The first-order valence-corrected chi connectivity index (χ1v) is 16.1. The number of carbonyl (C=O) groups excluding carboxylic acids is 1. The van der Waals surface area contributed by atoms with Gasteiger partial charge < -0.3 is 10.5 Å². The van der Waals surface area contributed by atoms with Crippen molar-refractivity contribution in [2.45, 2.75) is 105 Å². The van der Waals surface area contributed by atoms with Crippen LogP contribution in [0.3, 0.4) is 0 Å². The van der Waals surface area contributed by atoms with Crippen LogP contribution in [0.25, 0.3) is 5.57 Å². The predicted molar refractivity (Wildman–Crippen MR) is 165 cm³/mol. The van der Waals surface area contributed by atoms with Gasteiger partial charge in [-0.25, -0.2) is 4.79 Å². The number of esters is 1. The third-order valence-electron chi connectivity index (χ3n) is 14.3. The summed E-state index contributed by atoms with van der Waals surface area (Å²) in [6, 6.07) is 8.10. The summed E-state index contributed by atoms with van der Waals surface area (Å²) in [4.78, 5) is 12.0. The van der Waals surface area contributed by atoms with Gasteiger partial charge >= 0.3 is 5.97 Å². The zero-order valence-electron chi connectivity index (χ0n) is 26.2. The van der Waals surface area contributed by atoms with Gasteiger partial charge in [0.1, 0.15) is 0 Å². The van der Waals surface area contributed by atoms with E-state index in [1.807, 2.05) is 12.1 Å². The molecule has 9 unspecified atom stereocenters. The molecule has 2 N–H and O–H groups in total. The third kappa shape index (κ3) is 3.61. The molecule has 0 aliphatic heterocycles. The number of ether oxygens (including phenoxy) is 1. The maximum Gasteiger partial charge on any atom is 0.337 e. The number of rotatable bonds is 3. The number of benzene rings is 1. The largest absolute Gasteiger partial charge is 0.465 e. The maximum atomic E-state index is 12.0. The molecular formula is C37H53NO2. The molecule has 40 heavy (non-hydrogen) atoms. The van der Waals surface area contributed by atoms with Crippen LogP contribution >= 0.6 is 0 Å². The fraction of sp³-hybridized carbons (Fsp3) is 0.703. The fourth-order valence-electron chi connectivity index (χ4n) is 12.2. The highest BCUT2D eigenvalue weighted by Gasteiger charge is 2.70. The molecule has 218 valence electrons. The molecule has 3 heteroatoms. The predicted octanol–water partition coefficient (Wildman–Crippen LogP) is 8.84. The molecule has 5 aliphatic rings. The van der Waals surface area contributed by atoms with Crippen molar-refractivity contribution in [2.75, 3.05) is 7.11 Å². The Balaban J connectivity index is 1.34. The van der Waals surface area contributed by atoms with Gasteiger partial charge in [0.2, 0.25) is 0 Å². The van der Waals surface area contributed by atoms with Crippen molar-refractivity contribution >= 4 is 11.5 Å². The highest BCUT2D eigenvalue weighted by Crippen LogP contribution is 2.76. The van der Waals surface area contributed by atoms with Crippen molar-refractivity contribution in [1.29, 1.82) is 0 Å². The number of hydrogen-bond donors (Lipinski definition) is 1. The van der Waals surface area contributed by atoms with E-state index in [-0.39, 0.29) is 16.9 Å². The van der Waals surface area contributed by atoms with E-state index >= 15 is 0 Å². The van der Waals surface area contributed by atoms with Crippen molar-refractivity contribution in [1.82, 2.24) is 0 Å². The summed E-state index contributed by atoms with van der Waals surface area (Å²) in [5.74, 6) is 3.03. The van der Waals surface area contributed by atoms with Crippen LogP contribution in [0.2, 0.25) is 0 Å². The maximum absolute atomic E-state index is 12.0. The number of nitrogens with two attached hydrogens (primary N) is 1. The minimum atomic E-state index is -0.270. The van der Waals surface area contributed by atoms with E-state index in [2.05, 4.69) is 66.3 Å². The molecule has 6 rings (SSSR count). The molecular weight excluding hydrogens is 490 g/mol. The van der Waals surface area contributed by atoms with Crippen LogP contribution in [-0.4, -0.2) is 18.6 Å². The zero-order valence-corrected chi connectivity index (χ0v) is 26.2. The average molecular weight is 544 g/mol. The molecule has 4 fully saturated rings. The first kappa shape index (κ1) is 28.3. The Labute approximate surface area is 243 Å². The molecule has 4 saturated carbocycles. The van der Waals surface area contributed by atoms with E-state index in [0.717, 1.165) is 12.3 Å². The second kappa shape index (κ2) is 9.06. The minimum Gasteiger partial charge on any atom is -0.465 e. The number of fused-ring (bicyclic) bond motifs is 7. The first-order chi connectivity index (χ1) is 18.7. The van der Waals surface area contributed by atoms with Crippen LogP contribution in [0.5, 0.6) is 0 Å². The highest BCUT2D eigenvalue weighted by molar-refractivity contribution is 5.89. The number of carbonyl (C=O) groups is 1. The van der Waals surface area contributed by atoms with Gasteiger partial charge in [0, 0.05) is 5.54 Å². The molecule has 0 aromatic heterocycles. The zero-order chi connectivity index (χ0) is 28.9. The van der Waals surface area contributed by atoms with Crippen molar-refractivity contribution in [3.05, 3.63) is 53.6 Å². The van der Waals surface area contributed by atoms with Gasteiger partial charge in [-0.05, 0) is 139 Å². The van der Waals surface area contributed by atoms with Crippen LogP contribution in [-0.2, 0) is 4.74 Å². The second-order valence-corrected chi connectivity index (χ2v) is 16.0. The van der Waals surface area contributed by atoms with Crippen LogP contribution in [0, 0.1) is 51.2 Å². The molecule has 0 heterocycles. The van der Waals surface area contributed by atoms with Crippen LogP contribution in [0.4, 0.5) is 0 Å². The second-order valence-electron chi connectivity index (χ2n) is 16.0. The SMILES string of the molecule is C=C(C)C1CCC2(N)CCC3(C)C(CCC4C5(C)CC=C(c6ccc(C(=O)OC)cc6)C(C)(C)C5CCC43C)C12. The van der Waals surface area contributed by atoms with Gasteiger partial charge in [-0.15, -0.1) is 0 Å². The Morgan fingerprint density at radius 3 is 2.25 bits per heavy atom. The van der Waals surface area contributed by atoms with Crippen LogP contribution in [0.15, 0.2) is 42.5 Å². The molecule has 0 bridgehead atoms. The van der Waals surface area contributed by atoms with E-state index < -0.39 is 0 Å². The molecule has 0 amide bonds. The molecule has 1 aromatic carbocycles. The molecule has 9 atom stereocenters. The van der Waals surface area contributed by atoms with Crippen molar-refractivity contribution in [2.24, 2.45) is 57.0 Å². The van der Waals surface area contributed by atoms with Crippen LogP contribution < -0.4 is 5.73 Å². The Bertz CT molecular complexity index is 1240. The van der Waals surface area contributed by atoms with Crippen molar-refractivity contribution < 1.29 is 9.53 Å². The first-order valence-electron chi connectivity index (χ1n) is 16.1. The van der Waals surface area contributed by atoms with Crippen molar-refractivity contribution in [3.63, 3.8) is 0 Å². The van der Waals surface area contributed by atoms with E-state index in [1.165, 1.54) is 75.2 Å². The molecule has 0 radical (unpaired) electrons. The van der Waals surface area contributed by atoms with E-state index in [4.69, 9.17) is 10.5 Å². The lowest BCUT2D eigenvalue weighted by molar-refractivity contribution is -0.217. The summed E-state index contributed by atoms with van der Waals surface area (Å²) in [6.45, 7) is 19.8. The molecule has 3 nitrogen and oxygen atoms in total. The average Bonchev–Trinajstić information content (AvgIpc) is 3.26. The van der Waals surface area contributed by atoms with Gasteiger partial charge in [0.05, 0.1) is 12.7 Å². The number of methoxy groups -OCH3 is 1. The monoisotopic (exact) mass is 543 g/mol. The Kier molecular flexibility index (Phi) is 6.40. The Hall–Kier alpha value is -1.87. The summed E-state index contributed by atoms with van der Waals surface area (Å²) in [6.07, 6.45) is 13.9. The number of allylic oxidation sites excluding steroid dienone is 3. The molecule has 1 aromatic rings. The van der Waals surface area contributed by atoms with Gasteiger partial charge in [0.15, 0.2) is 0 Å². The van der Waals surface area contributed by atoms with Gasteiger partial charge in [-0.2, -0.15) is 0 Å². The van der Waals surface area contributed by atoms with Gasteiger partial charge in [-0.1, -0.05) is 65.0 Å². The van der Waals surface area contributed by atoms with Gasteiger partial charge in [0.25, 0.3) is 0 Å². The van der Waals surface area contributed by atoms with Crippen LogP contribution in [0.1, 0.15) is 115 Å². The fourth-order valence-corrected chi connectivity index (χ4v) is 12.2. The van der Waals surface area contributed by atoms with E-state index in [1.54, 1.807) is 0 Å². The van der Waals surface area contributed by atoms with Crippen molar-refractivity contribution in [3.8, 4) is 0 Å². The Morgan fingerprint density at radius 1 is 0.900 bits per heavy atom. The summed E-state index contributed by atoms with van der Waals surface area (Å²) in [5, 5.41) is 0. The quantitative estimate of drug-likeness (QED) is 0.306. The standard InChI is InChI=1S/C37H53NO2/c1-23(2)26-15-20-37(38)22-21-35(6)28(31(26)37)13-14-30-34(5)18-16-27(24-9-11-25(12-10-24)32(39)40-8)33(3,4)29(34)17-19-36(30,35)7/h9-12,16,26,28-31H,1,13-15,17-22,38H2,2-8H3. The van der Waals surface area contributed by atoms with E-state index in [9.17, 15) is 4.79 Å². The normalized spacial score (nSPS) is 45.3. The van der Waals surface area contributed by atoms with E-state index in [0.29, 0.717) is 45.5 Å². The minimum absolute atomic E-state index is 0.0198.